The predicted octanol–water partition coefficient (Wildman–Crippen LogP) is 1.36. The number of rotatable bonds is 1. The summed E-state index contributed by atoms with van der Waals surface area (Å²) in [5.74, 6) is -4.29. The molecule has 6 nitrogen and oxygen atoms in total. The maximum absolute atomic E-state index is 12.0. The van der Waals surface area contributed by atoms with Gasteiger partial charge < -0.3 is 9.47 Å². The van der Waals surface area contributed by atoms with Crippen molar-refractivity contribution < 1.29 is 28.7 Å². The van der Waals surface area contributed by atoms with Gasteiger partial charge in [0.2, 0.25) is 0 Å². The first-order valence-corrected chi connectivity index (χ1v) is 7.56. The lowest BCUT2D eigenvalue weighted by Crippen LogP contribution is -2.31. The summed E-state index contributed by atoms with van der Waals surface area (Å²) in [4.78, 5) is 47.4. The Labute approximate surface area is 131 Å². The average molecular weight is 314 g/mol. The molecule has 1 aromatic rings. The molecule has 0 N–H and O–H groups in total. The van der Waals surface area contributed by atoms with Crippen LogP contribution < -0.4 is 0 Å². The topological polar surface area (TPSA) is 86.7 Å². The highest BCUT2D eigenvalue weighted by Gasteiger charge is 2.53. The summed E-state index contributed by atoms with van der Waals surface area (Å²) < 4.78 is 9.47. The predicted molar refractivity (Wildman–Crippen MR) is 75.1 cm³/mol. The van der Waals surface area contributed by atoms with Crippen molar-refractivity contribution in [2.24, 2.45) is 11.8 Å². The summed E-state index contributed by atoms with van der Waals surface area (Å²) in [6.45, 7) is 1.90. The largest absolute Gasteiger partial charge is 0.393 e. The second-order valence-electron chi connectivity index (χ2n) is 6.40. The van der Waals surface area contributed by atoms with Gasteiger partial charge >= 0.3 is 23.9 Å². The monoisotopic (exact) mass is 314 g/mol. The van der Waals surface area contributed by atoms with E-state index in [1.54, 1.807) is 0 Å². The third kappa shape index (κ3) is 2.01. The molecule has 4 atom stereocenters. The maximum atomic E-state index is 12.0. The molecule has 0 bridgehead atoms. The summed E-state index contributed by atoms with van der Waals surface area (Å²) in [5, 5.41) is 0. The quantitative estimate of drug-likeness (QED) is 0.574. The normalized spacial score (nSPS) is 32.4. The van der Waals surface area contributed by atoms with Crippen molar-refractivity contribution in [3.63, 3.8) is 0 Å². The van der Waals surface area contributed by atoms with Gasteiger partial charge in [0.05, 0.1) is 24.2 Å². The van der Waals surface area contributed by atoms with Crippen LogP contribution in [0.4, 0.5) is 0 Å². The van der Waals surface area contributed by atoms with Crippen LogP contribution in [0.15, 0.2) is 18.2 Å². The van der Waals surface area contributed by atoms with Crippen LogP contribution >= 0.6 is 0 Å². The Balaban J connectivity index is 1.83. The Morgan fingerprint density at radius 1 is 0.870 bits per heavy atom. The van der Waals surface area contributed by atoms with E-state index in [1.807, 2.05) is 25.1 Å². The minimum absolute atomic E-state index is 0.0111. The van der Waals surface area contributed by atoms with E-state index in [4.69, 9.17) is 4.74 Å². The summed E-state index contributed by atoms with van der Waals surface area (Å²) in [5.41, 5.74) is 2.52. The minimum atomic E-state index is -0.609. The van der Waals surface area contributed by atoms with Crippen molar-refractivity contribution in [1.29, 1.82) is 0 Å². The summed E-state index contributed by atoms with van der Waals surface area (Å²) >= 11 is 0. The number of cyclic esters (lactones) is 4. The zero-order chi connectivity index (χ0) is 16.3. The van der Waals surface area contributed by atoms with Crippen LogP contribution in [0.2, 0.25) is 0 Å². The number of carbonyl (C=O) groups excluding carboxylic acids is 4. The van der Waals surface area contributed by atoms with Crippen molar-refractivity contribution >= 4 is 23.9 Å². The summed E-state index contributed by atoms with van der Waals surface area (Å²) in [6.07, 6.45) is 0.329. The Morgan fingerprint density at radius 3 is 2.30 bits per heavy atom. The fourth-order valence-corrected chi connectivity index (χ4v) is 4.00. The molecule has 2 aliphatic heterocycles. The van der Waals surface area contributed by atoms with Gasteiger partial charge in [0.25, 0.3) is 0 Å². The molecule has 0 aromatic heterocycles. The van der Waals surface area contributed by atoms with Crippen LogP contribution in [0, 0.1) is 18.8 Å². The smallest absolute Gasteiger partial charge is 0.321 e. The molecule has 0 saturated carbocycles. The average Bonchev–Trinajstić information content (AvgIpc) is 2.97. The van der Waals surface area contributed by atoms with Crippen LogP contribution in [-0.2, 0) is 28.7 Å². The van der Waals surface area contributed by atoms with E-state index in [0.29, 0.717) is 6.42 Å². The van der Waals surface area contributed by atoms with Gasteiger partial charge in [0.1, 0.15) is 0 Å². The SMILES string of the molecule is Cc1ccc2c(c1)[C@@H]1C(=O)OC(=O)[C@@H]1C[C@H]2[C@H]1CC(=O)OC1=O. The highest BCUT2D eigenvalue weighted by molar-refractivity contribution is 6.01. The van der Waals surface area contributed by atoms with Crippen LogP contribution in [-0.4, -0.2) is 23.9 Å². The second kappa shape index (κ2) is 4.75. The van der Waals surface area contributed by atoms with E-state index in [1.165, 1.54) is 0 Å². The number of hydrogen-bond donors (Lipinski definition) is 0. The van der Waals surface area contributed by atoms with Gasteiger partial charge in [-0.15, -0.1) is 0 Å². The van der Waals surface area contributed by atoms with E-state index < -0.39 is 41.6 Å². The van der Waals surface area contributed by atoms with Gasteiger partial charge in [-0.3, -0.25) is 19.2 Å². The lowest BCUT2D eigenvalue weighted by Gasteiger charge is -2.33. The lowest BCUT2D eigenvalue weighted by molar-refractivity contribution is -0.155. The standard InChI is InChI=1S/C17H14O6/c1-7-2-3-8-9(11-6-13(18)22-15(11)19)5-12-14(10(8)4-7)17(21)23-16(12)20/h2-4,9,11-12,14H,5-6H2,1H3/t9-,11-,12-,14+/m1/s1. The van der Waals surface area contributed by atoms with Gasteiger partial charge in [-0.1, -0.05) is 23.8 Å². The molecule has 2 heterocycles. The highest BCUT2D eigenvalue weighted by atomic mass is 16.6. The fourth-order valence-electron chi connectivity index (χ4n) is 4.00. The first-order chi connectivity index (χ1) is 11.0. The molecule has 0 radical (unpaired) electrons. The lowest BCUT2D eigenvalue weighted by atomic mass is 9.67. The molecule has 0 amide bonds. The van der Waals surface area contributed by atoms with E-state index in [0.717, 1.165) is 16.7 Å². The number of hydrogen-bond acceptors (Lipinski definition) is 6. The fraction of sp³-hybridized carbons (Fsp3) is 0.412. The number of carbonyl (C=O) groups is 4. The molecule has 118 valence electrons. The van der Waals surface area contributed by atoms with Crippen LogP contribution in [0.3, 0.4) is 0 Å². The van der Waals surface area contributed by atoms with E-state index >= 15 is 0 Å². The van der Waals surface area contributed by atoms with Gasteiger partial charge in [-0.25, -0.2) is 0 Å². The van der Waals surface area contributed by atoms with Crippen molar-refractivity contribution in [2.45, 2.75) is 31.6 Å². The third-order valence-corrected chi connectivity index (χ3v) is 5.03. The van der Waals surface area contributed by atoms with Crippen LogP contribution in [0.1, 0.15) is 41.4 Å². The van der Waals surface area contributed by atoms with Crippen LogP contribution in [0.25, 0.3) is 0 Å². The highest BCUT2D eigenvalue weighted by Crippen LogP contribution is 2.51. The van der Waals surface area contributed by atoms with Crippen molar-refractivity contribution in [3.05, 3.63) is 34.9 Å². The minimum Gasteiger partial charge on any atom is -0.393 e. The summed E-state index contributed by atoms with van der Waals surface area (Å²) in [6, 6.07) is 5.63. The van der Waals surface area contributed by atoms with Gasteiger partial charge in [0.15, 0.2) is 0 Å². The van der Waals surface area contributed by atoms with E-state index in [2.05, 4.69) is 4.74 Å². The van der Waals surface area contributed by atoms with Crippen molar-refractivity contribution in [3.8, 4) is 0 Å². The molecular formula is C17H14O6. The van der Waals surface area contributed by atoms with E-state index in [9.17, 15) is 19.2 Å². The molecule has 0 spiro atoms. The zero-order valence-electron chi connectivity index (χ0n) is 12.4. The first kappa shape index (κ1) is 14.1. The molecule has 6 heteroatoms. The maximum Gasteiger partial charge on any atom is 0.321 e. The number of esters is 4. The summed E-state index contributed by atoms with van der Waals surface area (Å²) in [7, 11) is 0. The van der Waals surface area contributed by atoms with Gasteiger partial charge in [0, 0.05) is 0 Å². The molecular weight excluding hydrogens is 300 g/mol. The molecule has 0 unspecified atom stereocenters. The Kier molecular flexibility index (Phi) is 2.91. The zero-order valence-corrected chi connectivity index (χ0v) is 12.4. The Bertz CT molecular complexity index is 764. The van der Waals surface area contributed by atoms with Gasteiger partial charge in [-0.05, 0) is 30.4 Å². The number of ether oxygens (including phenoxy) is 2. The molecule has 3 aliphatic rings. The molecule has 4 rings (SSSR count). The number of fused-ring (bicyclic) bond motifs is 3. The van der Waals surface area contributed by atoms with Crippen molar-refractivity contribution in [1.82, 2.24) is 0 Å². The van der Waals surface area contributed by atoms with E-state index in [-0.39, 0.29) is 12.3 Å². The van der Waals surface area contributed by atoms with Gasteiger partial charge in [-0.2, -0.15) is 0 Å². The van der Waals surface area contributed by atoms with Crippen molar-refractivity contribution in [2.75, 3.05) is 0 Å². The van der Waals surface area contributed by atoms with Crippen LogP contribution in [0.5, 0.6) is 0 Å². The molecule has 2 fully saturated rings. The first-order valence-electron chi connectivity index (χ1n) is 7.56. The molecule has 23 heavy (non-hydrogen) atoms. The Morgan fingerprint density at radius 2 is 1.61 bits per heavy atom. The number of aryl methyl sites for hydroxylation is 1. The third-order valence-electron chi connectivity index (χ3n) is 5.03. The Hall–Kier alpha value is -2.50. The molecule has 1 aliphatic carbocycles. The molecule has 1 aromatic carbocycles. The molecule has 2 saturated heterocycles. The number of benzene rings is 1. The second-order valence-corrected chi connectivity index (χ2v) is 6.40.